The minimum absolute atomic E-state index is 0.475. The number of nitrogens with zero attached hydrogens (tertiary/aromatic N) is 1. The normalized spacial score (nSPS) is 17.9. The molecular weight excluding hydrogens is 214 g/mol. The minimum Gasteiger partial charge on any atom is -0.374 e. The highest BCUT2D eigenvalue weighted by atomic mass is 32.1. The minimum atomic E-state index is 0.475. The second-order valence-electron chi connectivity index (χ2n) is 5.20. The molecule has 0 N–H and O–H groups in total. The molecule has 88 valence electrons. The third-order valence-corrected chi connectivity index (χ3v) is 4.47. The summed E-state index contributed by atoms with van der Waals surface area (Å²) in [6, 6.07) is 8.78. The van der Waals surface area contributed by atoms with Gasteiger partial charge in [-0.3, -0.25) is 0 Å². The van der Waals surface area contributed by atoms with Crippen molar-refractivity contribution < 1.29 is 0 Å². The third kappa shape index (κ3) is 2.37. The van der Waals surface area contributed by atoms with Crippen molar-refractivity contribution >= 4 is 18.3 Å². The summed E-state index contributed by atoms with van der Waals surface area (Å²) in [6.45, 7) is 3.27. The van der Waals surface area contributed by atoms with Gasteiger partial charge in [-0.2, -0.15) is 12.6 Å². The molecule has 1 fully saturated rings. The molecule has 0 aliphatic heterocycles. The molecule has 0 bridgehead atoms. The number of hydrogen-bond donors (Lipinski definition) is 1. The Bertz CT molecular complexity index is 335. The highest BCUT2D eigenvalue weighted by Gasteiger charge is 2.36. The fourth-order valence-corrected chi connectivity index (χ4v) is 2.85. The predicted molar refractivity (Wildman–Crippen MR) is 74.6 cm³/mol. The lowest BCUT2D eigenvalue weighted by molar-refractivity contribution is 0.178. The summed E-state index contributed by atoms with van der Waals surface area (Å²) < 4.78 is 0. The van der Waals surface area contributed by atoms with Crippen molar-refractivity contribution in [1.82, 2.24) is 0 Å². The first kappa shape index (κ1) is 11.8. The second-order valence-corrected chi connectivity index (χ2v) is 5.52. The van der Waals surface area contributed by atoms with Gasteiger partial charge in [0.15, 0.2) is 0 Å². The molecule has 0 amide bonds. The molecule has 1 nitrogen and oxygen atoms in total. The SMILES string of the molecule is Cc1ccc(N(C)CC2(CS)CCC2)cc1. The molecule has 0 radical (unpaired) electrons. The van der Waals surface area contributed by atoms with E-state index in [-0.39, 0.29) is 0 Å². The van der Waals surface area contributed by atoms with Crippen molar-refractivity contribution in [2.75, 3.05) is 24.2 Å². The Morgan fingerprint density at radius 2 is 1.88 bits per heavy atom. The van der Waals surface area contributed by atoms with E-state index < -0.39 is 0 Å². The average Bonchev–Trinajstić information content (AvgIpc) is 2.24. The highest BCUT2D eigenvalue weighted by Crippen LogP contribution is 2.42. The lowest BCUT2D eigenvalue weighted by atomic mass is 9.70. The van der Waals surface area contributed by atoms with E-state index in [4.69, 9.17) is 0 Å². The lowest BCUT2D eigenvalue weighted by Gasteiger charge is -2.44. The molecule has 2 rings (SSSR count). The van der Waals surface area contributed by atoms with E-state index >= 15 is 0 Å². The molecule has 0 heterocycles. The Balaban J connectivity index is 2.02. The predicted octanol–water partition coefficient (Wildman–Crippen LogP) is 3.53. The Morgan fingerprint density at radius 3 is 2.31 bits per heavy atom. The molecule has 0 atom stereocenters. The molecular formula is C14H21NS. The molecule has 1 aromatic carbocycles. The monoisotopic (exact) mass is 235 g/mol. The molecule has 0 saturated heterocycles. The molecule has 1 saturated carbocycles. The van der Waals surface area contributed by atoms with Crippen molar-refractivity contribution in [2.24, 2.45) is 5.41 Å². The van der Waals surface area contributed by atoms with Gasteiger partial charge in [-0.15, -0.1) is 0 Å². The summed E-state index contributed by atoms with van der Waals surface area (Å²) in [5.74, 6) is 1.02. The van der Waals surface area contributed by atoms with Gasteiger partial charge in [0.2, 0.25) is 0 Å². The van der Waals surface area contributed by atoms with Crippen molar-refractivity contribution in [3.8, 4) is 0 Å². The zero-order chi connectivity index (χ0) is 11.6. The number of thiol groups is 1. The second kappa shape index (κ2) is 4.70. The van der Waals surface area contributed by atoms with Crippen molar-refractivity contribution in [1.29, 1.82) is 0 Å². The van der Waals surface area contributed by atoms with Crippen LogP contribution >= 0.6 is 12.6 Å². The summed E-state index contributed by atoms with van der Waals surface area (Å²) in [4.78, 5) is 2.37. The van der Waals surface area contributed by atoms with E-state index in [1.165, 1.54) is 30.5 Å². The van der Waals surface area contributed by atoms with Crippen LogP contribution in [0.4, 0.5) is 5.69 Å². The summed E-state index contributed by atoms with van der Waals surface area (Å²) in [5, 5.41) is 0. The standard InChI is InChI=1S/C14H21NS/c1-12-4-6-13(7-5-12)15(2)10-14(11-16)8-3-9-14/h4-7,16H,3,8-11H2,1-2H3. The quantitative estimate of drug-likeness (QED) is 0.781. The molecule has 1 aliphatic rings. The maximum atomic E-state index is 4.51. The topological polar surface area (TPSA) is 3.24 Å². The van der Waals surface area contributed by atoms with Crippen LogP contribution in [0.3, 0.4) is 0 Å². The highest BCUT2D eigenvalue weighted by molar-refractivity contribution is 7.80. The van der Waals surface area contributed by atoms with E-state index in [1.807, 2.05) is 0 Å². The van der Waals surface area contributed by atoms with E-state index in [0.29, 0.717) is 5.41 Å². The van der Waals surface area contributed by atoms with Crippen molar-refractivity contribution in [2.45, 2.75) is 26.2 Å². The lowest BCUT2D eigenvalue weighted by Crippen LogP contribution is -2.42. The first-order valence-corrected chi connectivity index (χ1v) is 6.67. The van der Waals surface area contributed by atoms with Gasteiger partial charge >= 0.3 is 0 Å². The molecule has 0 unspecified atom stereocenters. The zero-order valence-electron chi connectivity index (χ0n) is 10.2. The first-order valence-electron chi connectivity index (χ1n) is 6.04. The Kier molecular flexibility index (Phi) is 3.48. The largest absolute Gasteiger partial charge is 0.374 e. The Hall–Kier alpha value is -0.630. The molecule has 1 aliphatic carbocycles. The third-order valence-electron chi connectivity index (χ3n) is 3.80. The van der Waals surface area contributed by atoms with Crippen LogP contribution in [0, 0.1) is 12.3 Å². The maximum absolute atomic E-state index is 4.51. The van der Waals surface area contributed by atoms with Crippen molar-refractivity contribution in [3.63, 3.8) is 0 Å². The van der Waals surface area contributed by atoms with Gasteiger partial charge in [0.1, 0.15) is 0 Å². The van der Waals surface area contributed by atoms with Crippen LogP contribution in [-0.2, 0) is 0 Å². The van der Waals surface area contributed by atoms with Crippen molar-refractivity contribution in [3.05, 3.63) is 29.8 Å². The summed E-state index contributed by atoms with van der Waals surface area (Å²) >= 11 is 4.51. The van der Waals surface area contributed by atoms with Crippen LogP contribution in [0.1, 0.15) is 24.8 Å². The van der Waals surface area contributed by atoms with Gasteiger partial charge in [0.05, 0.1) is 0 Å². The molecule has 2 heteroatoms. The Labute approximate surface area is 104 Å². The van der Waals surface area contributed by atoms with Crippen LogP contribution in [0.15, 0.2) is 24.3 Å². The number of hydrogen-bond acceptors (Lipinski definition) is 2. The number of aryl methyl sites for hydroxylation is 1. The van der Waals surface area contributed by atoms with E-state index in [9.17, 15) is 0 Å². The number of anilines is 1. The van der Waals surface area contributed by atoms with E-state index in [2.05, 4.69) is 55.8 Å². The van der Waals surface area contributed by atoms with Crippen LogP contribution in [0.25, 0.3) is 0 Å². The van der Waals surface area contributed by atoms with Gasteiger partial charge in [-0.05, 0) is 43.1 Å². The van der Waals surface area contributed by atoms with E-state index in [0.717, 1.165) is 12.3 Å². The smallest absolute Gasteiger partial charge is 0.0363 e. The van der Waals surface area contributed by atoms with Gasteiger partial charge < -0.3 is 4.90 Å². The van der Waals surface area contributed by atoms with Crippen LogP contribution in [-0.4, -0.2) is 19.3 Å². The van der Waals surface area contributed by atoms with Gasteiger partial charge in [-0.1, -0.05) is 24.1 Å². The van der Waals surface area contributed by atoms with Gasteiger partial charge in [-0.25, -0.2) is 0 Å². The Morgan fingerprint density at radius 1 is 1.25 bits per heavy atom. The molecule has 0 spiro atoms. The van der Waals surface area contributed by atoms with Crippen LogP contribution in [0.2, 0.25) is 0 Å². The van der Waals surface area contributed by atoms with E-state index in [1.54, 1.807) is 0 Å². The molecule has 16 heavy (non-hydrogen) atoms. The zero-order valence-corrected chi connectivity index (χ0v) is 11.1. The fraction of sp³-hybridized carbons (Fsp3) is 0.571. The average molecular weight is 235 g/mol. The van der Waals surface area contributed by atoms with Crippen LogP contribution in [0.5, 0.6) is 0 Å². The molecule has 1 aromatic rings. The summed E-state index contributed by atoms with van der Waals surface area (Å²) in [6.07, 6.45) is 4.06. The first-order chi connectivity index (χ1) is 7.65. The fourth-order valence-electron chi connectivity index (χ4n) is 2.44. The maximum Gasteiger partial charge on any atom is 0.0363 e. The van der Waals surface area contributed by atoms with Crippen LogP contribution < -0.4 is 4.90 Å². The summed E-state index contributed by atoms with van der Waals surface area (Å²) in [5.41, 5.74) is 3.12. The number of rotatable bonds is 4. The summed E-state index contributed by atoms with van der Waals surface area (Å²) in [7, 11) is 2.19. The number of benzene rings is 1. The van der Waals surface area contributed by atoms with Gasteiger partial charge in [0, 0.05) is 19.3 Å². The molecule has 0 aromatic heterocycles. The van der Waals surface area contributed by atoms with Gasteiger partial charge in [0.25, 0.3) is 0 Å².